The quantitative estimate of drug-likeness (QED) is 0.924. The molecule has 0 aliphatic carbocycles. The van der Waals surface area contributed by atoms with Gasteiger partial charge in [0.15, 0.2) is 0 Å². The molecule has 0 saturated carbocycles. The molecule has 4 nitrogen and oxygen atoms in total. The summed E-state index contributed by atoms with van der Waals surface area (Å²) < 4.78 is 0. The molecule has 1 fully saturated rings. The molecule has 1 aliphatic rings. The number of carbonyl (C=O) groups is 1. The van der Waals surface area contributed by atoms with Crippen molar-refractivity contribution in [3.63, 3.8) is 0 Å². The van der Waals surface area contributed by atoms with E-state index in [2.05, 4.69) is 22.3 Å². The van der Waals surface area contributed by atoms with Crippen molar-refractivity contribution in [3.05, 3.63) is 24.3 Å². The third kappa shape index (κ3) is 3.80. The van der Waals surface area contributed by atoms with Crippen LogP contribution in [0.25, 0.3) is 0 Å². The zero-order valence-electron chi connectivity index (χ0n) is 11.6. The Morgan fingerprint density at radius 2 is 1.95 bits per heavy atom. The van der Waals surface area contributed by atoms with Crippen LogP contribution < -0.4 is 10.2 Å². The number of hydrogen-bond acceptors (Lipinski definition) is 3. The van der Waals surface area contributed by atoms with Crippen molar-refractivity contribution >= 4 is 29.2 Å². The smallest absolute Gasteiger partial charge is 0.321 e. The molecule has 1 aromatic carbocycles. The molecule has 19 heavy (non-hydrogen) atoms. The number of hydrogen-bond donors (Lipinski definition) is 1. The minimum Gasteiger partial charge on any atom is -0.370 e. The van der Waals surface area contributed by atoms with E-state index in [0.717, 1.165) is 18.8 Å². The van der Waals surface area contributed by atoms with Crippen LogP contribution in [0.1, 0.15) is 6.92 Å². The SMILES string of the molecule is CCN(C)C(=O)Nc1ccc(N2CCSCC2)cc1. The zero-order chi connectivity index (χ0) is 13.7. The number of amides is 2. The molecule has 1 N–H and O–H groups in total. The fourth-order valence-electron chi connectivity index (χ4n) is 1.94. The van der Waals surface area contributed by atoms with Gasteiger partial charge < -0.3 is 15.1 Å². The number of carbonyl (C=O) groups excluding carboxylic acids is 1. The van der Waals surface area contributed by atoms with Crippen LogP contribution in [0.15, 0.2) is 24.3 Å². The highest BCUT2D eigenvalue weighted by Gasteiger charge is 2.11. The van der Waals surface area contributed by atoms with Crippen molar-refractivity contribution in [1.82, 2.24) is 4.90 Å². The molecule has 0 spiro atoms. The van der Waals surface area contributed by atoms with Crippen LogP contribution in [0.4, 0.5) is 16.2 Å². The second kappa shape index (κ2) is 6.70. The standard InChI is InChI=1S/C14H21N3OS/c1-3-16(2)14(18)15-12-4-6-13(7-5-12)17-8-10-19-11-9-17/h4-7H,3,8-11H2,1-2H3,(H,15,18). The fraction of sp³-hybridized carbons (Fsp3) is 0.500. The summed E-state index contributed by atoms with van der Waals surface area (Å²) in [6, 6.07) is 8.04. The molecule has 1 aromatic rings. The van der Waals surface area contributed by atoms with Gasteiger partial charge in [0.1, 0.15) is 0 Å². The number of nitrogens with zero attached hydrogens (tertiary/aromatic N) is 2. The van der Waals surface area contributed by atoms with Gasteiger partial charge in [-0.05, 0) is 31.2 Å². The minimum absolute atomic E-state index is 0.0652. The molecule has 1 saturated heterocycles. The van der Waals surface area contributed by atoms with Gasteiger partial charge >= 0.3 is 6.03 Å². The topological polar surface area (TPSA) is 35.6 Å². The number of nitrogens with one attached hydrogen (secondary N) is 1. The van der Waals surface area contributed by atoms with E-state index in [1.807, 2.05) is 30.8 Å². The molecule has 0 aromatic heterocycles. The maximum Gasteiger partial charge on any atom is 0.321 e. The molecular formula is C14H21N3OS. The third-order valence-electron chi connectivity index (χ3n) is 3.32. The van der Waals surface area contributed by atoms with Crippen LogP contribution in [0.2, 0.25) is 0 Å². The Morgan fingerprint density at radius 1 is 1.32 bits per heavy atom. The normalized spacial score (nSPS) is 15.2. The maximum atomic E-state index is 11.7. The largest absolute Gasteiger partial charge is 0.370 e. The van der Waals surface area contributed by atoms with Gasteiger partial charge in [0, 0.05) is 49.6 Å². The molecular weight excluding hydrogens is 258 g/mol. The lowest BCUT2D eigenvalue weighted by molar-refractivity contribution is 0.224. The maximum absolute atomic E-state index is 11.7. The van der Waals surface area contributed by atoms with Crippen molar-refractivity contribution in [2.75, 3.05) is 48.4 Å². The molecule has 2 rings (SSSR count). The predicted octanol–water partition coefficient (Wildman–Crippen LogP) is 2.72. The summed E-state index contributed by atoms with van der Waals surface area (Å²) in [6.45, 7) is 4.87. The van der Waals surface area contributed by atoms with Gasteiger partial charge in [0.25, 0.3) is 0 Å². The number of benzene rings is 1. The Bertz CT molecular complexity index is 415. The Labute approximate surface area is 119 Å². The predicted molar refractivity (Wildman–Crippen MR) is 83.3 cm³/mol. The lowest BCUT2D eigenvalue weighted by Crippen LogP contribution is -2.32. The van der Waals surface area contributed by atoms with Gasteiger partial charge in [-0.3, -0.25) is 0 Å². The van der Waals surface area contributed by atoms with E-state index in [1.165, 1.54) is 17.2 Å². The van der Waals surface area contributed by atoms with Crippen molar-refractivity contribution in [2.45, 2.75) is 6.92 Å². The van der Waals surface area contributed by atoms with E-state index in [9.17, 15) is 4.79 Å². The van der Waals surface area contributed by atoms with E-state index in [4.69, 9.17) is 0 Å². The fourth-order valence-corrected chi connectivity index (χ4v) is 2.84. The number of urea groups is 1. The average Bonchev–Trinajstić information content (AvgIpc) is 2.48. The summed E-state index contributed by atoms with van der Waals surface area (Å²) >= 11 is 2.01. The summed E-state index contributed by atoms with van der Waals surface area (Å²) in [5, 5.41) is 2.89. The Balaban J connectivity index is 1.96. The Hall–Kier alpha value is -1.36. The molecule has 5 heteroatoms. The summed E-state index contributed by atoms with van der Waals surface area (Å²) in [5.74, 6) is 2.39. The van der Waals surface area contributed by atoms with Crippen LogP contribution >= 0.6 is 11.8 Å². The lowest BCUT2D eigenvalue weighted by atomic mass is 10.2. The lowest BCUT2D eigenvalue weighted by Gasteiger charge is -2.28. The summed E-state index contributed by atoms with van der Waals surface area (Å²) in [4.78, 5) is 15.8. The Kier molecular flexibility index (Phi) is 4.96. The number of rotatable bonds is 3. The van der Waals surface area contributed by atoms with E-state index >= 15 is 0 Å². The van der Waals surface area contributed by atoms with E-state index in [0.29, 0.717) is 6.54 Å². The first-order valence-electron chi connectivity index (χ1n) is 6.65. The molecule has 0 radical (unpaired) electrons. The molecule has 1 heterocycles. The van der Waals surface area contributed by atoms with E-state index < -0.39 is 0 Å². The minimum atomic E-state index is -0.0652. The zero-order valence-corrected chi connectivity index (χ0v) is 12.4. The summed E-state index contributed by atoms with van der Waals surface area (Å²) in [7, 11) is 1.79. The van der Waals surface area contributed by atoms with E-state index in [1.54, 1.807) is 11.9 Å². The van der Waals surface area contributed by atoms with Crippen LogP contribution in [0.5, 0.6) is 0 Å². The Morgan fingerprint density at radius 3 is 2.53 bits per heavy atom. The molecule has 0 atom stereocenters. The molecule has 0 bridgehead atoms. The van der Waals surface area contributed by atoms with E-state index in [-0.39, 0.29) is 6.03 Å². The van der Waals surface area contributed by atoms with Crippen LogP contribution in [-0.2, 0) is 0 Å². The van der Waals surface area contributed by atoms with Gasteiger partial charge in [0.2, 0.25) is 0 Å². The first-order chi connectivity index (χ1) is 9.20. The average molecular weight is 279 g/mol. The number of anilines is 2. The highest BCUT2D eigenvalue weighted by atomic mass is 32.2. The van der Waals surface area contributed by atoms with Gasteiger partial charge in [-0.1, -0.05) is 0 Å². The van der Waals surface area contributed by atoms with Crippen molar-refractivity contribution < 1.29 is 4.79 Å². The highest BCUT2D eigenvalue weighted by Crippen LogP contribution is 2.21. The summed E-state index contributed by atoms with van der Waals surface area (Å²) in [5.41, 5.74) is 2.09. The third-order valence-corrected chi connectivity index (χ3v) is 4.26. The van der Waals surface area contributed by atoms with Crippen molar-refractivity contribution in [1.29, 1.82) is 0 Å². The first kappa shape index (κ1) is 14.1. The van der Waals surface area contributed by atoms with Gasteiger partial charge in [-0.2, -0.15) is 11.8 Å². The highest BCUT2D eigenvalue weighted by molar-refractivity contribution is 7.99. The monoisotopic (exact) mass is 279 g/mol. The molecule has 2 amide bonds. The molecule has 0 unspecified atom stereocenters. The number of thioether (sulfide) groups is 1. The van der Waals surface area contributed by atoms with Gasteiger partial charge in [0.05, 0.1) is 0 Å². The van der Waals surface area contributed by atoms with Gasteiger partial charge in [-0.25, -0.2) is 4.79 Å². The van der Waals surface area contributed by atoms with Crippen LogP contribution in [-0.4, -0.2) is 49.1 Å². The first-order valence-corrected chi connectivity index (χ1v) is 7.81. The summed E-state index contributed by atoms with van der Waals surface area (Å²) in [6.07, 6.45) is 0. The van der Waals surface area contributed by atoms with Crippen molar-refractivity contribution in [3.8, 4) is 0 Å². The van der Waals surface area contributed by atoms with Crippen LogP contribution in [0, 0.1) is 0 Å². The second-order valence-corrected chi connectivity index (χ2v) is 5.82. The molecule has 104 valence electrons. The second-order valence-electron chi connectivity index (χ2n) is 4.59. The van der Waals surface area contributed by atoms with Crippen LogP contribution in [0.3, 0.4) is 0 Å². The van der Waals surface area contributed by atoms with Crippen molar-refractivity contribution in [2.24, 2.45) is 0 Å². The van der Waals surface area contributed by atoms with Gasteiger partial charge in [-0.15, -0.1) is 0 Å². The molecule has 1 aliphatic heterocycles.